The summed E-state index contributed by atoms with van der Waals surface area (Å²) in [5, 5.41) is 8.53. The number of carbonyl (C=O) groups is 3. The number of hydrogen-bond donors (Lipinski definition) is 1. The van der Waals surface area contributed by atoms with Gasteiger partial charge in [0, 0.05) is 25.7 Å². The van der Waals surface area contributed by atoms with Crippen molar-refractivity contribution in [1.82, 2.24) is 15.0 Å². The summed E-state index contributed by atoms with van der Waals surface area (Å²) in [6.45, 7) is 5.07. The van der Waals surface area contributed by atoms with Crippen molar-refractivity contribution in [3.8, 4) is 0 Å². The first-order valence-electron chi connectivity index (χ1n) is 10.8. The van der Waals surface area contributed by atoms with Crippen LogP contribution in [-0.2, 0) is 39.9 Å². The molecule has 2 rings (SSSR count). The Morgan fingerprint density at radius 2 is 1.76 bits per heavy atom. The molecule has 2 aromatic rings. The highest BCUT2D eigenvalue weighted by Gasteiger charge is 2.34. The number of ether oxygens (including phenoxy) is 4. The first-order valence-corrected chi connectivity index (χ1v) is 12.8. The summed E-state index contributed by atoms with van der Waals surface area (Å²) in [6, 6.07) is 4.93. The number of nitrogens with two attached hydrogens (primary N) is 1. The quantitative estimate of drug-likeness (QED) is 0.120. The smallest absolute Gasteiger partial charge is 0.303 e. The van der Waals surface area contributed by atoms with E-state index < -0.39 is 41.7 Å². The van der Waals surface area contributed by atoms with Gasteiger partial charge in [-0.25, -0.2) is 4.68 Å². The van der Waals surface area contributed by atoms with Crippen molar-refractivity contribution < 1.29 is 33.3 Å². The maximum absolute atomic E-state index is 12.0. The van der Waals surface area contributed by atoms with Gasteiger partial charge in [0.05, 0.1) is 22.8 Å². The van der Waals surface area contributed by atoms with Crippen molar-refractivity contribution in [1.29, 1.82) is 0 Å². The van der Waals surface area contributed by atoms with Crippen LogP contribution >= 0.6 is 47.2 Å². The lowest BCUT2D eigenvalue weighted by Gasteiger charge is -2.32. The number of nitrogens with zero attached hydrogens (tertiary/aromatic N) is 3. The van der Waals surface area contributed by atoms with E-state index in [1.165, 1.54) is 31.6 Å². The van der Waals surface area contributed by atoms with E-state index in [-0.39, 0.29) is 23.8 Å². The number of thiocarbonyl (C=S) groups is 1. The number of rotatable bonds is 13. The van der Waals surface area contributed by atoms with Crippen molar-refractivity contribution in [2.75, 3.05) is 6.61 Å². The predicted octanol–water partition coefficient (Wildman–Crippen LogP) is 3.17. The predicted molar refractivity (Wildman–Crippen MR) is 140 cm³/mol. The van der Waals surface area contributed by atoms with Crippen LogP contribution in [-0.4, -0.2) is 68.2 Å². The van der Waals surface area contributed by atoms with Gasteiger partial charge in [-0.1, -0.05) is 52.4 Å². The fourth-order valence-electron chi connectivity index (χ4n) is 2.95. The molecule has 0 fully saturated rings. The molecular weight excluding hydrogens is 567 g/mol. The Kier molecular flexibility index (Phi) is 12.0. The van der Waals surface area contributed by atoms with Crippen LogP contribution in [0.4, 0.5) is 0 Å². The minimum absolute atomic E-state index is 0.00356. The molecule has 2 unspecified atom stereocenters. The number of benzene rings is 1. The van der Waals surface area contributed by atoms with Crippen molar-refractivity contribution >= 4 is 70.1 Å². The molecule has 15 heteroatoms. The minimum atomic E-state index is -0.956. The molecule has 11 nitrogen and oxygen atoms in total. The Morgan fingerprint density at radius 1 is 1.08 bits per heavy atom. The normalized spacial score (nSPS) is 14.2. The topological polar surface area (TPSA) is 145 Å². The molecule has 202 valence electrons. The Bertz CT molecular complexity index is 1130. The molecule has 2 N–H and O–H groups in total. The van der Waals surface area contributed by atoms with E-state index in [9.17, 15) is 14.4 Å². The average molecular weight is 594 g/mol. The zero-order chi connectivity index (χ0) is 27.7. The minimum Gasteiger partial charge on any atom is -0.463 e. The molecule has 0 spiro atoms. The van der Waals surface area contributed by atoms with Gasteiger partial charge < -0.3 is 24.7 Å². The zero-order valence-electron chi connectivity index (χ0n) is 20.4. The summed E-state index contributed by atoms with van der Waals surface area (Å²) in [5.41, 5.74) is 4.97. The highest BCUT2D eigenvalue weighted by Crippen LogP contribution is 2.34. The standard InChI is InChI=1S/C22H26Cl2N4O7S2/c1-11(33-13(3)30)20(10-32-12(2)29)35-22(37-15-5-6-16(23)17(24)7-15)19(34-14(4)31)9-28-8-18(21(25)36)26-27-28/h5-8,11,19-20,22H,9-10H2,1-4H3,(H2,25,36)/t11-,19+,20?,22?/m1/s1. The molecule has 37 heavy (non-hydrogen) atoms. The second-order valence-corrected chi connectivity index (χ2v) is 10.1. The second kappa shape index (κ2) is 14.5. The van der Waals surface area contributed by atoms with Crippen LogP contribution in [0, 0.1) is 0 Å². The van der Waals surface area contributed by atoms with Crippen LogP contribution in [0.1, 0.15) is 33.4 Å². The molecule has 0 saturated heterocycles. The first kappa shape index (κ1) is 30.8. The molecule has 1 aromatic carbocycles. The largest absolute Gasteiger partial charge is 0.463 e. The maximum atomic E-state index is 12.0. The lowest BCUT2D eigenvalue weighted by atomic mass is 10.2. The van der Waals surface area contributed by atoms with E-state index in [4.69, 9.17) is 60.1 Å². The second-order valence-electron chi connectivity index (χ2n) is 7.69. The first-order chi connectivity index (χ1) is 17.3. The molecule has 0 aliphatic carbocycles. The maximum Gasteiger partial charge on any atom is 0.303 e. The van der Waals surface area contributed by atoms with Gasteiger partial charge in [0.15, 0.2) is 6.10 Å². The summed E-state index contributed by atoms with van der Waals surface area (Å²) in [7, 11) is 0. The van der Waals surface area contributed by atoms with E-state index in [2.05, 4.69) is 10.3 Å². The zero-order valence-corrected chi connectivity index (χ0v) is 23.5. The molecule has 0 saturated carbocycles. The lowest BCUT2D eigenvalue weighted by molar-refractivity contribution is -0.170. The summed E-state index contributed by atoms with van der Waals surface area (Å²) >= 11 is 18.3. The van der Waals surface area contributed by atoms with Crippen molar-refractivity contribution in [2.24, 2.45) is 5.73 Å². The SMILES string of the molecule is CC(=O)OCC(OC(Sc1ccc(Cl)c(Cl)c1)[C@H](Cn1cc(C(N)=S)nn1)OC(C)=O)[C@@H](C)OC(C)=O. The van der Waals surface area contributed by atoms with E-state index in [0.717, 1.165) is 11.8 Å². The Hall–Kier alpha value is -2.45. The number of hydrogen-bond acceptors (Lipinski definition) is 11. The van der Waals surface area contributed by atoms with Crippen molar-refractivity contribution in [2.45, 2.75) is 62.9 Å². The number of esters is 3. The van der Waals surface area contributed by atoms with Crippen LogP contribution in [0.3, 0.4) is 0 Å². The fourth-order valence-corrected chi connectivity index (χ4v) is 4.50. The molecule has 1 aromatic heterocycles. The summed E-state index contributed by atoms with van der Waals surface area (Å²) in [5.74, 6) is -1.70. The third-order valence-electron chi connectivity index (χ3n) is 4.56. The van der Waals surface area contributed by atoms with Gasteiger partial charge in [-0.2, -0.15) is 0 Å². The average Bonchev–Trinajstić information content (AvgIpc) is 3.25. The van der Waals surface area contributed by atoms with Gasteiger partial charge >= 0.3 is 17.9 Å². The van der Waals surface area contributed by atoms with Crippen molar-refractivity contribution in [3.05, 3.63) is 40.1 Å². The summed E-state index contributed by atoms with van der Waals surface area (Å²) in [4.78, 5) is 35.8. The third-order valence-corrected chi connectivity index (χ3v) is 6.68. The summed E-state index contributed by atoms with van der Waals surface area (Å²) < 4.78 is 23.7. The molecule has 1 heterocycles. The third kappa shape index (κ3) is 10.4. The fraction of sp³-hybridized carbons (Fsp3) is 0.455. The van der Waals surface area contributed by atoms with Crippen LogP contribution in [0.5, 0.6) is 0 Å². The molecule has 0 radical (unpaired) electrons. The lowest BCUT2D eigenvalue weighted by Crippen LogP contribution is -2.43. The molecule has 0 aliphatic heterocycles. The number of thioether (sulfide) groups is 1. The molecule has 0 amide bonds. The van der Waals surface area contributed by atoms with Gasteiger partial charge in [-0.05, 0) is 25.1 Å². The number of halogens is 2. The van der Waals surface area contributed by atoms with Crippen LogP contribution in [0.2, 0.25) is 10.0 Å². The number of aromatic nitrogens is 3. The van der Waals surface area contributed by atoms with E-state index in [1.807, 2.05) is 0 Å². The summed E-state index contributed by atoms with van der Waals surface area (Å²) in [6.07, 6.45) is -1.20. The highest BCUT2D eigenvalue weighted by atomic mass is 35.5. The van der Waals surface area contributed by atoms with Crippen LogP contribution < -0.4 is 5.73 Å². The van der Waals surface area contributed by atoms with Gasteiger partial charge in [0.25, 0.3) is 0 Å². The van der Waals surface area contributed by atoms with Gasteiger partial charge in [0.1, 0.15) is 34.9 Å². The monoisotopic (exact) mass is 592 g/mol. The molecule has 0 bridgehead atoms. The van der Waals surface area contributed by atoms with Crippen LogP contribution in [0.15, 0.2) is 29.3 Å². The highest BCUT2D eigenvalue weighted by molar-refractivity contribution is 7.99. The Balaban J connectivity index is 2.45. The Labute approximate surface area is 233 Å². The van der Waals surface area contributed by atoms with E-state index in [1.54, 1.807) is 25.1 Å². The van der Waals surface area contributed by atoms with Gasteiger partial charge in [-0.3, -0.25) is 14.4 Å². The Morgan fingerprint density at radius 3 is 2.30 bits per heavy atom. The van der Waals surface area contributed by atoms with E-state index >= 15 is 0 Å². The van der Waals surface area contributed by atoms with Gasteiger partial charge in [0.2, 0.25) is 0 Å². The van der Waals surface area contributed by atoms with Gasteiger partial charge in [-0.15, -0.1) is 5.10 Å². The van der Waals surface area contributed by atoms with Crippen LogP contribution in [0.25, 0.3) is 0 Å². The van der Waals surface area contributed by atoms with E-state index in [0.29, 0.717) is 14.9 Å². The molecule has 4 atom stereocenters. The molecule has 0 aliphatic rings. The number of carbonyl (C=O) groups excluding carboxylic acids is 3. The van der Waals surface area contributed by atoms with Crippen molar-refractivity contribution in [3.63, 3.8) is 0 Å². The molecular formula is C22H26Cl2N4O7S2.